The molecule has 4 atom stereocenters. The van der Waals surface area contributed by atoms with Gasteiger partial charge in [-0.25, -0.2) is 0 Å². The van der Waals surface area contributed by atoms with Crippen molar-refractivity contribution in [3.63, 3.8) is 0 Å². The summed E-state index contributed by atoms with van der Waals surface area (Å²) in [5, 5.41) is 3.21. The fourth-order valence-corrected chi connectivity index (χ4v) is 4.49. The van der Waals surface area contributed by atoms with Crippen molar-refractivity contribution in [1.29, 1.82) is 0 Å². The van der Waals surface area contributed by atoms with Crippen LogP contribution in [0.4, 0.5) is 0 Å². The molecule has 2 saturated carbocycles. The van der Waals surface area contributed by atoms with Gasteiger partial charge in [0.25, 0.3) is 0 Å². The topological polar surface area (TPSA) is 47.6 Å². The number of ether oxygens (including phenoxy) is 2. The van der Waals surface area contributed by atoms with Crippen molar-refractivity contribution in [2.75, 3.05) is 14.2 Å². The second-order valence-corrected chi connectivity index (χ2v) is 7.06. The molecule has 126 valence electrons. The van der Waals surface area contributed by atoms with Gasteiger partial charge in [0, 0.05) is 6.04 Å². The molecule has 1 N–H and O–H groups in total. The van der Waals surface area contributed by atoms with Gasteiger partial charge in [-0.05, 0) is 61.6 Å². The average Bonchev–Trinajstić information content (AvgIpc) is 3.17. The van der Waals surface area contributed by atoms with E-state index in [0.29, 0.717) is 23.8 Å². The molecular formula is C19H27NO3. The Labute approximate surface area is 138 Å². The van der Waals surface area contributed by atoms with Gasteiger partial charge >= 0.3 is 0 Å². The SMILES string of the molecule is COc1ccc(CC(=O)N[C@H](C)[C@@H]2C[C@@H]3CC[C@@H]2C3)cc1OC. The predicted molar refractivity (Wildman–Crippen MR) is 89.8 cm³/mol. The quantitative estimate of drug-likeness (QED) is 0.876. The first-order valence-corrected chi connectivity index (χ1v) is 8.61. The number of amides is 1. The third-order valence-corrected chi connectivity index (χ3v) is 5.64. The number of benzene rings is 1. The summed E-state index contributed by atoms with van der Waals surface area (Å²) in [5.41, 5.74) is 0.945. The van der Waals surface area contributed by atoms with E-state index < -0.39 is 0 Å². The fourth-order valence-electron chi connectivity index (χ4n) is 4.49. The number of carbonyl (C=O) groups is 1. The van der Waals surface area contributed by atoms with Crippen molar-refractivity contribution in [2.24, 2.45) is 17.8 Å². The van der Waals surface area contributed by atoms with Crippen molar-refractivity contribution < 1.29 is 14.3 Å². The number of fused-ring (bicyclic) bond motifs is 2. The molecule has 2 fully saturated rings. The number of hydrogen-bond acceptors (Lipinski definition) is 3. The molecular weight excluding hydrogens is 290 g/mol. The molecule has 0 unspecified atom stereocenters. The van der Waals surface area contributed by atoms with Gasteiger partial charge in [-0.3, -0.25) is 4.79 Å². The molecule has 4 nitrogen and oxygen atoms in total. The smallest absolute Gasteiger partial charge is 0.224 e. The molecule has 2 aliphatic carbocycles. The third kappa shape index (κ3) is 3.46. The lowest BCUT2D eigenvalue weighted by Crippen LogP contribution is -2.40. The highest BCUT2D eigenvalue weighted by atomic mass is 16.5. The van der Waals surface area contributed by atoms with E-state index in [1.807, 2.05) is 18.2 Å². The first-order valence-electron chi connectivity index (χ1n) is 8.61. The highest BCUT2D eigenvalue weighted by molar-refractivity contribution is 5.79. The van der Waals surface area contributed by atoms with Crippen LogP contribution in [-0.4, -0.2) is 26.2 Å². The van der Waals surface area contributed by atoms with E-state index in [1.54, 1.807) is 14.2 Å². The van der Waals surface area contributed by atoms with E-state index in [-0.39, 0.29) is 11.9 Å². The van der Waals surface area contributed by atoms with Crippen LogP contribution >= 0.6 is 0 Å². The van der Waals surface area contributed by atoms with Gasteiger partial charge in [-0.2, -0.15) is 0 Å². The average molecular weight is 317 g/mol. The Kier molecular flexibility index (Phi) is 4.79. The number of hydrogen-bond donors (Lipinski definition) is 1. The molecule has 0 spiro atoms. The van der Waals surface area contributed by atoms with Crippen LogP contribution in [0.25, 0.3) is 0 Å². The van der Waals surface area contributed by atoms with Gasteiger partial charge in [0.15, 0.2) is 11.5 Å². The van der Waals surface area contributed by atoms with Crippen LogP contribution in [-0.2, 0) is 11.2 Å². The molecule has 0 radical (unpaired) electrons. The molecule has 23 heavy (non-hydrogen) atoms. The summed E-state index contributed by atoms with van der Waals surface area (Å²) >= 11 is 0. The van der Waals surface area contributed by atoms with Crippen molar-refractivity contribution in [1.82, 2.24) is 5.32 Å². The predicted octanol–water partition coefficient (Wildman–Crippen LogP) is 3.19. The monoisotopic (exact) mass is 317 g/mol. The third-order valence-electron chi connectivity index (χ3n) is 5.64. The first-order chi connectivity index (χ1) is 11.1. The zero-order valence-electron chi connectivity index (χ0n) is 14.3. The molecule has 1 aromatic carbocycles. The lowest BCUT2D eigenvalue weighted by molar-refractivity contribution is -0.121. The minimum Gasteiger partial charge on any atom is -0.493 e. The van der Waals surface area contributed by atoms with Gasteiger partial charge in [-0.15, -0.1) is 0 Å². The van der Waals surface area contributed by atoms with Crippen LogP contribution in [0, 0.1) is 17.8 Å². The Morgan fingerprint density at radius 2 is 2.00 bits per heavy atom. The number of carbonyl (C=O) groups excluding carboxylic acids is 1. The summed E-state index contributed by atoms with van der Waals surface area (Å²) in [4.78, 5) is 12.4. The van der Waals surface area contributed by atoms with Gasteiger partial charge in [0.2, 0.25) is 5.91 Å². The molecule has 3 rings (SSSR count). The second-order valence-electron chi connectivity index (χ2n) is 7.06. The summed E-state index contributed by atoms with van der Waals surface area (Å²) in [6, 6.07) is 5.92. The lowest BCUT2D eigenvalue weighted by Gasteiger charge is -2.28. The Hall–Kier alpha value is -1.71. The zero-order valence-corrected chi connectivity index (χ0v) is 14.3. The van der Waals surface area contributed by atoms with Crippen LogP contribution in [0.2, 0.25) is 0 Å². The maximum Gasteiger partial charge on any atom is 0.224 e. The summed E-state index contributed by atoms with van der Waals surface area (Å²) in [6.07, 6.45) is 5.80. The Balaban J connectivity index is 1.57. The molecule has 2 bridgehead atoms. The van der Waals surface area contributed by atoms with Crippen molar-refractivity contribution in [3.05, 3.63) is 23.8 Å². The highest BCUT2D eigenvalue weighted by Crippen LogP contribution is 2.49. The van der Waals surface area contributed by atoms with Gasteiger partial charge in [-0.1, -0.05) is 12.5 Å². The molecule has 0 aliphatic heterocycles. The summed E-state index contributed by atoms with van der Waals surface area (Å²) in [6.45, 7) is 2.16. The van der Waals surface area contributed by atoms with Gasteiger partial charge < -0.3 is 14.8 Å². The van der Waals surface area contributed by atoms with Crippen molar-refractivity contribution >= 4 is 5.91 Å². The fraction of sp³-hybridized carbons (Fsp3) is 0.632. The number of methoxy groups -OCH3 is 2. The standard InChI is InChI=1S/C19H27NO3/c1-12(16-9-13-4-6-15(16)8-13)20-19(21)11-14-5-7-17(22-2)18(10-14)23-3/h5,7,10,12-13,15-16H,4,6,8-9,11H2,1-3H3,(H,20,21)/t12-,13-,15-,16+/m1/s1. The minimum atomic E-state index is 0.0903. The van der Waals surface area contributed by atoms with E-state index in [4.69, 9.17) is 9.47 Å². The van der Waals surface area contributed by atoms with E-state index in [0.717, 1.165) is 17.4 Å². The van der Waals surface area contributed by atoms with E-state index >= 15 is 0 Å². The molecule has 4 heteroatoms. The molecule has 0 saturated heterocycles. The summed E-state index contributed by atoms with van der Waals surface area (Å²) < 4.78 is 10.5. The first kappa shape index (κ1) is 16.2. The molecule has 2 aliphatic rings. The lowest BCUT2D eigenvalue weighted by atomic mass is 9.84. The Bertz CT molecular complexity index is 572. The van der Waals surface area contributed by atoms with Gasteiger partial charge in [0.1, 0.15) is 0 Å². The van der Waals surface area contributed by atoms with Crippen LogP contribution in [0.5, 0.6) is 11.5 Å². The van der Waals surface area contributed by atoms with Crippen molar-refractivity contribution in [3.8, 4) is 11.5 Å². The molecule has 1 aromatic rings. The van der Waals surface area contributed by atoms with Crippen molar-refractivity contribution in [2.45, 2.75) is 45.1 Å². The van der Waals surface area contributed by atoms with Crippen LogP contribution in [0.15, 0.2) is 18.2 Å². The van der Waals surface area contributed by atoms with E-state index in [9.17, 15) is 4.79 Å². The second kappa shape index (κ2) is 6.81. The maximum absolute atomic E-state index is 12.4. The van der Waals surface area contributed by atoms with Crippen LogP contribution < -0.4 is 14.8 Å². The minimum absolute atomic E-state index is 0.0903. The van der Waals surface area contributed by atoms with Crippen LogP contribution in [0.3, 0.4) is 0 Å². The van der Waals surface area contributed by atoms with E-state index in [2.05, 4.69) is 12.2 Å². The zero-order chi connectivity index (χ0) is 16.4. The molecule has 0 aromatic heterocycles. The van der Waals surface area contributed by atoms with Gasteiger partial charge in [0.05, 0.1) is 20.6 Å². The summed E-state index contributed by atoms with van der Waals surface area (Å²) in [5.74, 6) is 3.85. The normalized spacial score (nSPS) is 26.8. The highest BCUT2D eigenvalue weighted by Gasteiger charge is 2.42. The molecule has 0 heterocycles. The Morgan fingerprint density at radius 3 is 2.61 bits per heavy atom. The summed E-state index contributed by atoms with van der Waals surface area (Å²) in [7, 11) is 3.22. The molecule has 1 amide bonds. The number of nitrogens with one attached hydrogen (secondary N) is 1. The Morgan fingerprint density at radius 1 is 1.22 bits per heavy atom. The largest absolute Gasteiger partial charge is 0.493 e. The maximum atomic E-state index is 12.4. The number of rotatable bonds is 6. The van der Waals surface area contributed by atoms with Crippen LogP contribution in [0.1, 0.15) is 38.2 Å². The van der Waals surface area contributed by atoms with E-state index in [1.165, 1.54) is 25.7 Å².